The molecule has 21 heavy (non-hydrogen) atoms. The van der Waals surface area contributed by atoms with Crippen molar-refractivity contribution in [2.75, 3.05) is 13.2 Å². The molecule has 1 fully saturated rings. The van der Waals surface area contributed by atoms with Crippen molar-refractivity contribution in [3.05, 3.63) is 33.8 Å². The van der Waals surface area contributed by atoms with Gasteiger partial charge in [0.2, 0.25) is 5.91 Å². The van der Waals surface area contributed by atoms with Gasteiger partial charge < -0.3 is 10.4 Å². The van der Waals surface area contributed by atoms with Gasteiger partial charge >= 0.3 is 0 Å². The first-order chi connectivity index (χ1) is 10.1. The van der Waals surface area contributed by atoms with Gasteiger partial charge in [0.1, 0.15) is 0 Å². The first kappa shape index (κ1) is 16.6. The molecule has 0 bridgehead atoms. The van der Waals surface area contributed by atoms with Crippen LogP contribution in [-0.4, -0.2) is 24.2 Å². The van der Waals surface area contributed by atoms with Gasteiger partial charge in [0.05, 0.1) is 15.5 Å². The monoisotopic (exact) mass is 329 g/mol. The van der Waals surface area contributed by atoms with E-state index in [0.717, 1.165) is 31.2 Å². The fraction of sp³-hybridized carbons (Fsp3) is 0.562. The smallest absolute Gasteiger partial charge is 0.231 e. The minimum absolute atomic E-state index is 0.00260. The Morgan fingerprint density at radius 1 is 1.38 bits per heavy atom. The second kappa shape index (κ2) is 6.99. The van der Waals surface area contributed by atoms with Crippen LogP contribution >= 0.6 is 23.2 Å². The van der Waals surface area contributed by atoms with Crippen LogP contribution in [0.3, 0.4) is 0 Å². The summed E-state index contributed by atoms with van der Waals surface area (Å²) in [6.45, 7) is 2.47. The number of aliphatic hydroxyl groups is 1. The largest absolute Gasteiger partial charge is 0.396 e. The van der Waals surface area contributed by atoms with Gasteiger partial charge in [0, 0.05) is 19.1 Å². The molecule has 1 saturated carbocycles. The van der Waals surface area contributed by atoms with Crippen LogP contribution in [0.15, 0.2) is 18.2 Å². The Morgan fingerprint density at radius 2 is 2.14 bits per heavy atom. The molecule has 0 saturated heterocycles. The molecule has 0 spiro atoms. The third-order valence-electron chi connectivity index (χ3n) is 4.47. The number of hydrogen-bond donors (Lipinski definition) is 2. The van der Waals surface area contributed by atoms with Crippen molar-refractivity contribution in [3.63, 3.8) is 0 Å². The molecular formula is C16H21Cl2NO2. The maximum Gasteiger partial charge on any atom is 0.231 e. The summed E-state index contributed by atoms with van der Waals surface area (Å²) in [5.74, 6) is -0.114. The van der Waals surface area contributed by atoms with Crippen molar-refractivity contribution in [2.45, 2.75) is 38.0 Å². The molecule has 2 N–H and O–H groups in total. The molecule has 0 heterocycles. The summed E-state index contributed by atoms with van der Waals surface area (Å²) >= 11 is 12.1. The summed E-state index contributed by atoms with van der Waals surface area (Å²) in [5, 5.41) is 13.6. The van der Waals surface area contributed by atoms with Crippen molar-refractivity contribution in [3.8, 4) is 0 Å². The molecule has 1 aromatic carbocycles. The predicted molar refractivity (Wildman–Crippen MR) is 85.9 cm³/mol. The van der Waals surface area contributed by atoms with Crippen molar-refractivity contribution in [1.29, 1.82) is 0 Å². The number of hydrogen-bond acceptors (Lipinski definition) is 2. The number of carbonyl (C=O) groups is 1. The summed E-state index contributed by atoms with van der Waals surface area (Å²) in [6.07, 6.45) is 3.57. The van der Waals surface area contributed by atoms with E-state index in [4.69, 9.17) is 23.2 Å². The van der Waals surface area contributed by atoms with Crippen LogP contribution in [0.2, 0.25) is 10.0 Å². The quantitative estimate of drug-likeness (QED) is 0.887. The Balaban J connectivity index is 2.53. The number of nitrogens with one attached hydrogen (secondary N) is 1. The fourth-order valence-corrected chi connectivity index (χ4v) is 3.69. The van der Waals surface area contributed by atoms with Crippen molar-refractivity contribution in [2.24, 2.45) is 5.92 Å². The van der Waals surface area contributed by atoms with Gasteiger partial charge in [-0.05, 0) is 37.5 Å². The Bertz CT molecular complexity index is 521. The summed E-state index contributed by atoms with van der Waals surface area (Å²) < 4.78 is 0. The highest BCUT2D eigenvalue weighted by Gasteiger charge is 2.47. The lowest BCUT2D eigenvalue weighted by Crippen LogP contribution is -2.52. The zero-order valence-electron chi connectivity index (χ0n) is 12.2. The van der Waals surface area contributed by atoms with Crippen LogP contribution in [0.25, 0.3) is 0 Å². The van der Waals surface area contributed by atoms with E-state index in [1.807, 2.05) is 13.0 Å². The van der Waals surface area contributed by atoms with Gasteiger partial charge in [0.15, 0.2) is 0 Å². The lowest BCUT2D eigenvalue weighted by molar-refractivity contribution is -0.131. The van der Waals surface area contributed by atoms with E-state index in [9.17, 15) is 9.90 Å². The highest BCUT2D eigenvalue weighted by atomic mass is 35.5. The van der Waals surface area contributed by atoms with Crippen LogP contribution in [0.1, 0.15) is 38.2 Å². The maximum atomic E-state index is 12.8. The topological polar surface area (TPSA) is 49.3 Å². The number of aliphatic hydroxyl groups excluding tert-OH is 1. The van der Waals surface area contributed by atoms with Crippen LogP contribution in [0.4, 0.5) is 0 Å². The molecule has 0 radical (unpaired) electrons. The third kappa shape index (κ3) is 3.05. The van der Waals surface area contributed by atoms with Crippen LogP contribution in [-0.2, 0) is 10.2 Å². The number of halogens is 2. The molecule has 3 nitrogen and oxygen atoms in total. The molecule has 2 atom stereocenters. The third-order valence-corrected chi connectivity index (χ3v) is 5.21. The summed E-state index contributed by atoms with van der Waals surface area (Å²) in [5.41, 5.74) is 0.138. The highest BCUT2D eigenvalue weighted by Crippen LogP contribution is 2.45. The summed E-state index contributed by atoms with van der Waals surface area (Å²) in [4.78, 5) is 12.8. The highest BCUT2D eigenvalue weighted by molar-refractivity contribution is 6.42. The molecule has 1 amide bonds. The van der Waals surface area contributed by atoms with Gasteiger partial charge in [0.25, 0.3) is 0 Å². The fourth-order valence-electron chi connectivity index (χ4n) is 3.39. The Morgan fingerprint density at radius 3 is 2.76 bits per heavy atom. The number of rotatable bonds is 4. The second-order valence-electron chi connectivity index (χ2n) is 5.58. The van der Waals surface area contributed by atoms with Gasteiger partial charge in [-0.1, -0.05) is 42.1 Å². The van der Waals surface area contributed by atoms with E-state index >= 15 is 0 Å². The van der Waals surface area contributed by atoms with E-state index in [-0.39, 0.29) is 18.4 Å². The Labute approximate surface area is 135 Å². The van der Waals surface area contributed by atoms with Crippen molar-refractivity contribution in [1.82, 2.24) is 5.32 Å². The molecular weight excluding hydrogens is 309 g/mol. The molecule has 0 aromatic heterocycles. The van der Waals surface area contributed by atoms with Crippen molar-refractivity contribution >= 4 is 29.1 Å². The average Bonchev–Trinajstić information content (AvgIpc) is 2.50. The van der Waals surface area contributed by atoms with E-state index in [0.29, 0.717) is 16.6 Å². The summed E-state index contributed by atoms with van der Waals surface area (Å²) in [6, 6.07) is 5.35. The number of amides is 1. The molecule has 1 aliphatic rings. The van der Waals surface area contributed by atoms with Crippen molar-refractivity contribution < 1.29 is 9.90 Å². The normalized spacial score (nSPS) is 25.6. The van der Waals surface area contributed by atoms with Gasteiger partial charge in [-0.2, -0.15) is 0 Å². The minimum atomic E-state index is -0.711. The standard InChI is InChI=1S/C16H21Cl2NO2/c1-2-19-15(21)16(8-4-3-5-12(16)10-20)11-6-7-13(17)14(18)9-11/h6-7,9,12,20H,2-5,8,10H2,1H3,(H,19,21). The number of benzene rings is 1. The molecule has 116 valence electrons. The van der Waals surface area contributed by atoms with Gasteiger partial charge in [-0.3, -0.25) is 4.79 Å². The van der Waals surface area contributed by atoms with Gasteiger partial charge in [-0.25, -0.2) is 0 Å². The zero-order chi connectivity index (χ0) is 15.5. The molecule has 2 unspecified atom stereocenters. The Hall–Kier alpha value is -0.770. The summed E-state index contributed by atoms with van der Waals surface area (Å²) in [7, 11) is 0. The Kier molecular flexibility index (Phi) is 5.53. The van der Waals surface area contributed by atoms with E-state index < -0.39 is 5.41 Å². The average molecular weight is 330 g/mol. The van der Waals surface area contributed by atoms with Crippen LogP contribution in [0, 0.1) is 5.92 Å². The molecule has 1 aliphatic carbocycles. The van der Waals surface area contributed by atoms with Crippen LogP contribution in [0.5, 0.6) is 0 Å². The molecule has 0 aliphatic heterocycles. The minimum Gasteiger partial charge on any atom is -0.396 e. The maximum absolute atomic E-state index is 12.8. The zero-order valence-corrected chi connectivity index (χ0v) is 13.7. The predicted octanol–water partition coefficient (Wildman–Crippen LogP) is 3.55. The first-order valence-electron chi connectivity index (χ1n) is 7.41. The van der Waals surface area contributed by atoms with E-state index in [1.54, 1.807) is 12.1 Å². The van der Waals surface area contributed by atoms with E-state index in [1.165, 1.54) is 0 Å². The molecule has 5 heteroatoms. The lowest BCUT2D eigenvalue weighted by atomic mass is 9.62. The SMILES string of the molecule is CCNC(=O)C1(c2ccc(Cl)c(Cl)c2)CCCCC1CO. The first-order valence-corrected chi connectivity index (χ1v) is 8.16. The molecule has 2 rings (SSSR count). The lowest BCUT2D eigenvalue weighted by Gasteiger charge is -2.42. The van der Waals surface area contributed by atoms with E-state index in [2.05, 4.69) is 5.32 Å². The molecule has 1 aromatic rings. The second-order valence-corrected chi connectivity index (χ2v) is 6.40. The van der Waals surface area contributed by atoms with Crippen LogP contribution < -0.4 is 5.32 Å². The number of likely N-dealkylation sites (N-methyl/N-ethyl adjacent to an activating group) is 1. The number of carbonyl (C=O) groups excluding carboxylic acids is 1. The van der Waals surface area contributed by atoms with Gasteiger partial charge in [-0.15, -0.1) is 0 Å².